The van der Waals surface area contributed by atoms with E-state index in [1.165, 1.54) is 24.3 Å². The molecule has 0 spiro atoms. The van der Waals surface area contributed by atoms with E-state index in [0.29, 0.717) is 23.5 Å². The summed E-state index contributed by atoms with van der Waals surface area (Å²) < 4.78 is 59.5. The van der Waals surface area contributed by atoms with Crippen LogP contribution in [0.3, 0.4) is 0 Å². The molecular formula is C23H16F4N2OS. The molecule has 3 aromatic rings. The summed E-state index contributed by atoms with van der Waals surface area (Å²) in [5.41, 5.74) is -0.351. The minimum Gasteiger partial charge on any atom is -0.490 e. The van der Waals surface area contributed by atoms with Crippen LogP contribution >= 0.6 is 11.8 Å². The van der Waals surface area contributed by atoms with Crippen LogP contribution in [0.2, 0.25) is 0 Å². The predicted molar refractivity (Wildman–Crippen MR) is 111 cm³/mol. The number of benzene rings is 2. The fourth-order valence-electron chi connectivity index (χ4n) is 2.72. The number of rotatable bonds is 7. The van der Waals surface area contributed by atoms with E-state index >= 15 is 0 Å². The zero-order valence-corrected chi connectivity index (χ0v) is 16.9. The number of ether oxygens (including phenoxy) is 1. The van der Waals surface area contributed by atoms with Crippen molar-refractivity contribution < 1.29 is 22.3 Å². The number of halogens is 4. The smallest absolute Gasteiger partial charge is 0.417 e. The highest BCUT2D eigenvalue weighted by molar-refractivity contribution is 7.98. The van der Waals surface area contributed by atoms with Crippen LogP contribution in [-0.2, 0) is 11.9 Å². The lowest BCUT2D eigenvalue weighted by Gasteiger charge is -2.14. The third kappa shape index (κ3) is 5.64. The van der Waals surface area contributed by atoms with Gasteiger partial charge in [-0.15, -0.1) is 11.8 Å². The topological polar surface area (TPSA) is 45.9 Å². The highest BCUT2D eigenvalue weighted by atomic mass is 32.2. The van der Waals surface area contributed by atoms with E-state index in [4.69, 9.17) is 4.74 Å². The minimum atomic E-state index is -4.72. The van der Waals surface area contributed by atoms with Crippen LogP contribution in [-0.4, -0.2) is 11.6 Å². The number of nitriles is 1. The van der Waals surface area contributed by atoms with Crippen LogP contribution in [0.25, 0.3) is 11.3 Å². The maximum atomic E-state index is 13.7. The van der Waals surface area contributed by atoms with Gasteiger partial charge in [0, 0.05) is 11.3 Å². The maximum Gasteiger partial charge on any atom is 0.417 e. The number of alkyl halides is 3. The van der Waals surface area contributed by atoms with Gasteiger partial charge in [0.1, 0.15) is 29.3 Å². The molecule has 0 aliphatic heterocycles. The number of thioether (sulfide) groups is 1. The van der Waals surface area contributed by atoms with Crippen molar-refractivity contribution in [2.45, 2.75) is 17.0 Å². The Morgan fingerprint density at radius 3 is 2.35 bits per heavy atom. The molecule has 0 bridgehead atoms. The number of hydrogen-bond acceptors (Lipinski definition) is 4. The first-order valence-electron chi connectivity index (χ1n) is 9.05. The van der Waals surface area contributed by atoms with Gasteiger partial charge in [0.25, 0.3) is 0 Å². The molecule has 31 heavy (non-hydrogen) atoms. The van der Waals surface area contributed by atoms with Gasteiger partial charge in [-0.3, -0.25) is 0 Å². The van der Waals surface area contributed by atoms with Gasteiger partial charge < -0.3 is 4.74 Å². The zero-order valence-electron chi connectivity index (χ0n) is 16.1. The number of pyridine rings is 1. The molecule has 1 heterocycles. The van der Waals surface area contributed by atoms with Crippen LogP contribution in [0.1, 0.15) is 16.7 Å². The average Bonchev–Trinajstić information content (AvgIpc) is 2.76. The van der Waals surface area contributed by atoms with E-state index in [1.807, 2.05) is 0 Å². The Hall–Kier alpha value is -3.31. The molecule has 3 nitrogen and oxygen atoms in total. The van der Waals surface area contributed by atoms with Crippen molar-refractivity contribution in [1.29, 1.82) is 5.26 Å². The van der Waals surface area contributed by atoms with Crippen LogP contribution in [0.5, 0.6) is 5.75 Å². The number of nitrogens with zero attached hydrogens (tertiary/aromatic N) is 2. The van der Waals surface area contributed by atoms with Gasteiger partial charge in [-0.25, -0.2) is 9.37 Å². The Morgan fingerprint density at radius 2 is 1.77 bits per heavy atom. The van der Waals surface area contributed by atoms with Crippen molar-refractivity contribution in [2.24, 2.45) is 0 Å². The van der Waals surface area contributed by atoms with Crippen molar-refractivity contribution in [3.05, 3.63) is 89.8 Å². The Labute approximate surface area is 181 Å². The molecule has 0 saturated carbocycles. The molecule has 0 aliphatic rings. The van der Waals surface area contributed by atoms with E-state index in [2.05, 4.69) is 11.6 Å². The second-order valence-electron chi connectivity index (χ2n) is 6.38. The molecule has 0 amide bonds. The molecule has 0 unspecified atom stereocenters. The van der Waals surface area contributed by atoms with E-state index in [1.54, 1.807) is 36.4 Å². The molecule has 3 rings (SSSR count). The first-order chi connectivity index (χ1) is 14.8. The second-order valence-corrected chi connectivity index (χ2v) is 7.35. The Balaban J connectivity index is 1.99. The summed E-state index contributed by atoms with van der Waals surface area (Å²) >= 11 is 0.992. The van der Waals surface area contributed by atoms with Gasteiger partial charge >= 0.3 is 6.18 Å². The van der Waals surface area contributed by atoms with Crippen LogP contribution in [0.4, 0.5) is 17.6 Å². The van der Waals surface area contributed by atoms with Crippen molar-refractivity contribution in [3.8, 4) is 23.1 Å². The highest BCUT2D eigenvalue weighted by Gasteiger charge is 2.36. The fraction of sp³-hybridized carbons (Fsp3) is 0.130. The summed E-state index contributed by atoms with van der Waals surface area (Å²) in [4.78, 5) is 4.32. The summed E-state index contributed by atoms with van der Waals surface area (Å²) in [5, 5.41) is 9.36. The molecular weight excluding hydrogens is 428 g/mol. The summed E-state index contributed by atoms with van der Waals surface area (Å²) in [6.07, 6.45) is -3.14. The molecule has 0 fully saturated rings. The van der Waals surface area contributed by atoms with Gasteiger partial charge in [-0.05, 0) is 48.0 Å². The van der Waals surface area contributed by atoms with E-state index in [-0.39, 0.29) is 16.5 Å². The van der Waals surface area contributed by atoms with Crippen LogP contribution in [0.15, 0.2) is 72.3 Å². The second kappa shape index (κ2) is 9.67. The number of hydrogen-bond donors (Lipinski definition) is 0. The maximum absolute atomic E-state index is 13.7. The van der Waals surface area contributed by atoms with E-state index < -0.39 is 23.1 Å². The molecule has 0 atom stereocenters. The normalized spacial score (nSPS) is 11.1. The Bertz CT molecular complexity index is 1100. The highest BCUT2D eigenvalue weighted by Crippen LogP contribution is 2.38. The fourth-order valence-corrected chi connectivity index (χ4v) is 3.67. The summed E-state index contributed by atoms with van der Waals surface area (Å²) in [5.74, 6) is 0.363. The lowest BCUT2D eigenvalue weighted by molar-refractivity contribution is -0.138. The van der Waals surface area contributed by atoms with Crippen molar-refractivity contribution in [2.75, 3.05) is 6.61 Å². The molecule has 0 saturated heterocycles. The van der Waals surface area contributed by atoms with Gasteiger partial charge in [0.05, 0.1) is 16.8 Å². The van der Waals surface area contributed by atoms with Crippen molar-refractivity contribution >= 4 is 11.8 Å². The van der Waals surface area contributed by atoms with E-state index in [0.717, 1.165) is 17.8 Å². The quantitative estimate of drug-likeness (QED) is 0.233. The average molecular weight is 444 g/mol. The SMILES string of the molecule is C=CCOc1ccc(-c2cc(C(F)(F)F)c(C#N)c(SCc3ccc(F)cc3)n2)cc1. The number of aromatic nitrogens is 1. The monoisotopic (exact) mass is 444 g/mol. The van der Waals surface area contributed by atoms with Gasteiger partial charge in [-0.1, -0.05) is 24.8 Å². The lowest BCUT2D eigenvalue weighted by Crippen LogP contribution is -2.10. The van der Waals surface area contributed by atoms with Gasteiger partial charge in [0.15, 0.2) is 0 Å². The van der Waals surface area contributed by atoms with E-state index in [9.17, 15) is 22.8 Å². The molecule has 0 radical (unpaired) electrons. The lowest BCUT2D eigenvalue weighted by atomic mass is 10.1. The molecule has 8 heteroatoms. The minimum absolute atomic E-state index is 0.0383. The van der Waals surface area contributed by atoms with Crippen LogP contribution in [0, 0.1) is 17.1 Å². The largest absolute Gasteiger partial charge is 0.490 e. The zero-order chi connectivity index (χ0) is 22.4. The molecule has 0 N–H and O–H groups in total. The Morgan fingerprint density at radius 1 is 1.10 bits per heavy atom. The third-order valence-corrected chi connectivity index (χ3v) is 5.26. The standard InChI is InChI=1S/C23H16F4N2OS/c1-2-11-30-18-9-5-16(6-10-18)21-12-20(23(25,26)27)19(13-28)22(29-21)31-14-15-3-7-17(24)8-4-15/h2-10,12H,1,11,14H2. The van der Waals surface area contributed by atoms with Crippen molar-refractivity contribution in [3.63, 3.8) is 0 Å². The molecule has 0 aliphatic carbocycles. The molecule has 1 aromatic heterocycles. The first kappa shape index (κ1) is 22.4. The molecule has 158 valence electrons. The summed E-state index contributed by atoms with van der Waals surface area (Å²) in [7, 11) is 0. The summed E-state index contributed by atoms with van der Waals surface area (Å²) in [6.45, 7) is 3.86. The predicted octanol–water partition coefficient (Wildman–Crippen LogP) is 6.64. The van der Waals surface area contributed by atoms with Crippen LogP contribution < -0.4 is 4.74 Å². The third-order valence-electron chi connectivity index (χ3n) is 4.21. The Kier molecular flexibility index (Phi) is 6.98. The van der Waals surface area contributed by atoms with Crippen molar-refractivity contribution in [1.82, 2.24) is 4.98 Å². The summed E-state index contributed by atoms with van der Waals surface area (Å²) in [6, 6.07) is 14.5. The van der Waals surface area contributed by atoms with Gasteiger partial charge in [0.2, 0.25) is 0 Å². The first-order valence-corrected chi connectivity index (χ1v) is 10.0. The molecule has 2 aromatic carbocycles. The van der Waals surface area contributed by atoms with Gasteiger partial charge in [-0.2, -0.15) is 18.4 Å².